The van der Waals surface area contributed by atoms with Crippen LogP contribution in [-0.2, 0) is 12.7 Å². The minimum absolute atomic E-state index is 0.0548. The molecular formula is C19H20F3N3O3. The Kier molecular flexibility index (Phi) is 6.05. The van der Waals surface area contributed by atoms with E-state index in [2.05, 4.69) is 15.5 Å². The number of aryl methyl sites for hydroxylation is 1. The summed E-state index contributed by atoms with van der Waals surface area (Å²) in [7, 11) is 0. The minimum atomic E-state index is -4.44. The highest BCUT2D eigenvalue weighted by Gasteiger charge is 2.30. The highest BCUT2D eigenvalue weighted by Crippen LogP contribution is 2.31. The van der Waals surface area contributed by atoms with Gasteiger partial charge >= 0.3 is 6.18 Å². The summed E-state index contributed by atoms with van der Waals surface area (Å²) in [6.07, 6.45) is -3.67. The number of aromatic amines is 1. The van der Waals surface area contributed by atoms with E-state index in [0.29, 0.717) is 12.3 Å². The average molecular weight is 395 g/mol. The van der Waals surface area contributed by atoms with Crippen LogP contribution < -0.4 is 10.1 Å². The number of halogens is 3. The van der Waals surface area contributed by atoms with E-state index in [4.69, 9.17) is 9.15 Å². The summed E-state index contributed by atoms with van der Waals surface area (Å²) in [5.41, 5.74) is 0.814. The Bertz CT molecular complexity index is 905. The third-order valence-electron chi connectivity index (χ3n) is 4.00. The second-order valence-corrected chi connectivity index (χ2v) is 6.30. The number of hydrogen-bond donors (Lipinski definition) is 3. The van der Waals surface area contributed by atoms with Crippen LogP contribution in [0.4, 0.5) is 13.2 Å². The van der Waals surface area contributed by atoms with E-state index in [-0.39, 0.29) is 18.9 Å². The Morgan fingerprint density at radius 2 is 2.11 bits per heavy atom. The normalized spacial score (nSPS) is 12.9. The summed E-state index contributed by atoms with van der Waals surface area (Å²) < 4.78 is 48.9. The van der Waals surface area contributed by atoms with Gasteiger partial charge in [-0.05, 0) is 37.3 Å². The topological polar surface area (TPSA) is 83.3 Å². The van der Waals surface area contributed by atoms with E-state index < -0.39 is 17.8 Å². The lowest BCUT2D eigenvalue weighted by Crippen LogP contribution is -2.31. The zero-order valence-electron chi connectivity index (χ0n) is 15.1. The van der Waals surface area contributed by atoms with Crippen molar-refractivity contribution in [2.45, 2.75) is 25.7 Å². The van der Waals surface area contributed by atoms with Gasteiger partial charge in [0.2, 0.25) is 0 Å². The Balaban J connectivity index is 1.47. The smallest absolute Gasteiger partial charge is 0.416 e. The fraction of sp³-hybridized carbons (Fsp3) is 0.316. The monoisotopic (exact) mass is 395 g/mol. The quantitative estimate of drug-likeness (QED) is 0.544. The number of nitrogens with zero attached hydrogens (tertiary/aromatic N) is 1. The first-order chi connectivity index (χ1) is 13.3. The van der Waals surface area contributed by atoms with Crippen LogP contribution in [0.5, 0.6) is 5.75 Å². The maximum atomic E-state index is 12.7. The van der Waals surface area contributed by atoms with Crippen molar-refractivity contribution in [2.75, 3.05) is 13.2 Å². The number of aliphatic hydroxyl groups is 1. The third kappa shape index (κ3) is 5.14. The van der Waals surface area contributed by atoms with E-state index in [1.807, 2.05) is 19.1 Å². The lowest BCUT2D eigenvalue weighted by molar-refractivity contribution is -0.137. The molecule has 9 heteroatoms. The van der Waals surface area contributed by atoms with Gasteiger partial charge in [0.1, 0.15) is 29.9 Å². The number of furan rings is 1. The molecule has 2 heterocycles. The third-order valence-corrected chi connectivity index (χ3v) is 4.00. The van der Waals surface area contributed by atoms with Gasteiger partial charge in [-0.25, -0.2) is 0 Å². The molecule has 0 fully saturated rings. The Morgan fingerprint density at radius 3 is 2.82 bits per heavy atom. The summed E-state index contributed by atoms with van der Waals surface area (Å²) in [6.45, 7) is 2.33. The molecule has 150 valence electrons. The van der Waals surface area contributed by atoms with Gasteiger partial charge in [0.15, 0.2) is 5.76 Å². The molecule has 0 radical (unpaired) electrons. The largest absolute Gasteiger partial charge is 0.491 e. The summed E-state index contributed by atoms with van der Waals surface area (Å²) >= 11 is 0. The summed E-state index contributed by atoms with van der Waals surface area (Å²) in [5, 5.41) is 20.0. The molecule has 28 heavy (non-hydrogen) atoms. The number of aromatic nitrogens is 2. The predicted octanol–water partition coefficient (Wildman–Crippen LogP) is 3.53. The Hall–Kier alpha value is -2.78. The molecule has 1 atom stereocenters. The van der Waals surface area contributed by atoms with E-state index >= 15 is 0 Å². The van der Waals surface area contributed by atoms with Crippen LogP contribution in [0.25, 0.3) is 11.5 Å². The fourth-order valence-corrected chi connectivity index (χ4v) is 2.61. The van der Waals surface area contributed by atoms with Crippen LogP contribution in [0.15, 0.2) is 47.0 Å². The van der Waals surface area contributed by atoms with Crippen molar-refractivity contribution < 1.29 is 27.4 Å². The molecule has 1 aromatic carbocycles. The summed E-state index contributed by atoms with van der Waals surface area (Å²) in [5.74, 6) is 1.50. The minimum Gasteiger partial charge on any atom is -0.491 e. The second kappa shape index (κ2) is 8.49. The van der Waals surface area contributed by atoms with E-state index in [1.54, 1.807) is 6.20 Å². The van der Waals surface area contributed by atoms with Crippen molar-refractivity contribution in [2.24, 2.45) is 0 Å². The van der Waals surface area contributed by atoms with Crippen molar-refractivity contribution in [3.8, 4) is 17.2 Å². The molecule has 2 aromatic heterocycles. The van der Waals surface area contributed by atoms with Gasteiger partial charge in [0.05, 0.1) is 11.8 Å². The molecule has 0 aliphatic heterocycles. The SMILES string of the molecule is Cc1ccc(-c2[nH]ncc2CNCC(O)COc2cccc(C(F)(F)F)c2)o1. The molecule has 0 aliphatic carbocycles. The second-order valence-electron chi connectivity index (χ2n) is 6.30. The van der Waals surface area contributed by atoms with Crippen molar-refractivity contribution in [3.63, 3.8) is 0 Å². The fourth-order valence-electron chi connectivity index (χ4n) is 2.61. The molecule has 0 saturated carbocycles. The van der Waals surface area contributed by atoms with Gasteiger partial charge in [-0.3, -0.25) is 5.10 Å². The molecule has 0 spiro atoms. The number of aliphatic hydroxyl groups excluding tert-OH is 1. The highest BCUT2D eigenvalue weighted by molar-refractivity contribution is 5.56. The number of ether oxygens (including phenoxy) is 1. The van der Waals surface area contributed by atoms with E-state index in [9.17, 15) is 18.3 Å². The van der Waals surface area contributed by atoms with Gasteiger partial charge in [-0.2, -0.15) is 18.3 Å². The zero-order chi connectivity index (χ0) is 20.1. The van der Waals surface area contributed by atoms with Crippen molar-refractivity contribution >= 4 is 0 Å². The molecule has 3 aromatic rings. The molecule has 1 unspecified atom stereocenters. The van der Waals surface area contributed by atoms with Crippen LogP contribution >= 0.6 is 0 Å². The number of nitrogens with one attached hydrogen (secondary N) is 2. The molecule has 6 nitrogen and oxygen atoms in total. The van der Waals surface area contributed by atoms with Crippen LogP contribution in [0.1, 0.15) is 16.9 Å². The molecule has 3 N–H and O–H groups in total. The lowest BCUT2D eigenvalue weighted by atomic mass is 10.2. The van der Waals surface area contributed by atoms with Gasteiger partial charge in [-0.15, -0.1) is 0 Å². The number of alkyl halides is 3. The highest BCUT2D eigenvalue weighted by atomic mass is 19.4. The predicted molar refractivity (Wildman–Crippen MR) is 95.7 cm³/mol. The molecule has 0 bridgehead atoms. The average Bonchev–Trinajstić information content (AvgIpc) is 3.28. The van der Waals surface area contributed by atoms with Gasteiger partial charge in [0, 0.05) is 18.7 Å². The summed E-state index contributed by atoms with van der Waals surface area (Å²) in [4.78, 5) is 0. The van der Waals surface area contributed by atoms with Gasteiger partial charge in [0.25, 0.3) is 0 Å². The maximum absolute atomic E-state index is 12.7. The Morgan fingerprint density at radius 1 is 1.29 bits per heavy atom. The first kappa shape index (κ1) is 20.0. The molecule has 0 saturated heterocycles. The standard InChI is InChI=1S/C19H20F3N3O3/c1-12-5-6-17(28-12)18-13(9-24-25-18)8-23-10-15(26)11-27-16-4-2-3-14(7-16)19(20,21)22/h2-7,9,15,23,26H,8,10-11H2,1H3,(H,24,25). The first-order valence-electron chi connectivity index (χ1n) is 8.61. The molecular weight excluding hydrogens is 375 g/mol. The molecule has 3 rings (SSSR count). The number of hydrogen-bond acceptors (Lipinski definition) is 5. The summed E-state index contributed by atoms with van der Waals surface area (Å²) in [6, 6.07) is 8.24. The van der Waals surface area contributed by atoms with Gasteiger partial charge < -0.3 is 19.6 Å². The van der Waals surface area contributed by atoms with Crippen LogP contribution in [-0.4, -0.2) is 34.6 Å². The van der Waals surface area contributed by atoms with Crippen LogP contribution in [0, 0.1) is 6.92 Å². The number of rotatable bonds is 8. The lowest BCUT2D eigenvalue weighted by Gasteiger charge is -2.14. The number of benzene rings is 1. The molecule has 0 aliphatic rings. The van der Waals surface area contributed by atoms with Crippen molar-refractivity contribution in [1.29, 1.82) is 0 Å². The van der Waals surface area contributed by atoms with Crippen molar-refractivity contribution in [1.82, 2.24) is 15.5 Å². The molecule has 0 amide bonds. The zero-order valence-corrected chi connectivity index (χ0v) is 15.1. The first-order valence-corrected chi connectivity index (χ1v) is 8.61. The maximum Gasteiger partial charge on any atom is 0.416 e. The Labute approximate surface area is 159 Å². The number of H-pyrrole nitrogens is 1. The van der Waals surface area contributed by atoms with Crippen LogP contribution in [0.2, 0.25) is 0 Å². The van der Waals surface area contributed by atoms with E-state index in [1.165, 1.54) is 12.1 Å². The van der Waals surface area contributed by atoms with Crippen molar-refractivity contribution in [3.05, 3.63) is 59.5 Å². The van der Waals surface area contributed by atoms with E-state index in [0.717, 1.165) is 29.2 Å². The van der Waals surface area contributed by atoms with Crippen LogP contribution in [0.3, 0.4) is 0 Å². The van der Waals surface area contributed by atoms with Gasteiger partial charge in [-0.1, -0.05) is 6.07 Å².